The van der Waals surface area contributed by atoms with Crippen molar-refractivity contribution in [2.75, 3.05) is 36.6 Å². The number of ether oxygens (including phenoxy) is 1. The van der Waals surface area contributed by atoms with E-state index in [4.69, 9.17) is 4.74 Å². The Morgan fingerprint density at radius 3 is 2.26 bits per heavy atom. The number of nitrogens with zero attached hydrogens (tertiary/aromatic N) is 3. The number of para-hydroxylation sites is 1. The molecule has 0 aliphatic carbocycles. The first kappa shape index (κ1) is 28.6. The van der Waals surface area contributed by atoms with E-state index in [1.54, 1.807) is 33.6 Å². The van der Waals surface area contributed by atoms with Crippen molar-refractivity contribution in [1.29, 1.82) is 0 Å². The molecule has 2 fully saturated rings. The molecular weight excluding hydrogens is 550 g/mol. The largest absolute Gasteiger partial charge is 0.497 e. The van der Waals surface area contributed by atoms with Crippen molar-refractivity contribution >= 4 is 40.9 Å². The lowest BCUT2D eigenvalue weighted by molar-refractivity contribution is -0.142. The van der Waals surface area contributed by atoms with Gasteiger partial charge >= 0.3 is 0 Å². The highest BCUT2D eigenvalue weighted by molar-refractivity contribution is 8.02. The molecule has 3 amide bonds. The number of thioether (sulfide) groups is 1. The molecule has 1 spiro atoms. The number of carbonyl (C=O) groups excluding carboxylic acids is 3. The molecule has 2 aromatic carbocycles. The smallest absolute Gasteiger partial charge is 0.251 e. The van der Waals surface area contributed by atoms with E-state index >= 15 is 0 Å². The number of aliphatic hydroxyl groups is 1. The first-order valence-corrected chi connectivity index (χ1v) is 15.5. The highest BCUT2D eigenvalue weighted by Gasteiger charge is 2.71. The van der Waals surface area contributed by atoms with Gasteiger partial charge in [0.25, 0.3) is 5.91 Å². The zero-order chi connectivity index (χ0) is 29.6. The van der Waals surface area contributed by atoms with Crippen LogP contribution in [0.5, 0.6) is 5.75 Å². The molecule has 0 radical (unpaired) electrons. The van der Waals surface area contributed by atoms with E-state index < -0.39 is 28.7 Å². The Morgan fingerprint density at radius 2 is 1.60 bits per heavy atom. The summed E-state index contributed by atoms with van der Waals surface area (Å²) < 4.78 is 4.37. The van der Waals surface area contributed by atoms with Crippen LogP contribution >= 0.6 is 11.8 Å². The molecule has 8 nitrogen and oxygen atoms in total. The first-order valence-electron chi connectivity index (χ1n) is 14.6. The number of anilines is 2. The highest BCUT2D eigenvalue weighted by atomic mass is 32.2. The molecule has 0 bridgehead atoms. The van der Waals surface area contributed by atoms with Crippen LogP contribution in [-0.4, -0.2) is 76.6 Å². The van der Waals surface area contributed by atoms with E-state index in [0.717, 1.165) is 5.69 Å². The van der Waals surface area contributed by atoms with E-state index in [1.807, 2.05) is 92.7 Å². The maximum Gasteiger partial charge on any atom is 0.251 e. The predicted molar refractivity (Wildman–Crippen MR) is 164 cm³/mol. The van der Waals surface area contributed by atoms with E-state index in [0.29, 0.717) is 30.9 Å². The van der Waals surface area contributed by atoms with Crippen LogP contribution < -0.4 is 14.5 Å². The van der Waals surface area contributed by atoms with Gasteiger partial charge in [0.2, 0.25) is 11.8 Å². The number of rotatable bonds is 7. The standard InChI is InChI=1S/C33H37N3O5S/c1-21(2)19-24(20-37)36-29-32(40)35(23-12-14-25(41-3)15-13-23)18-8-16-33(29)28(31(36)39)27-26(42-33)11-7-17-34(30(27)38)22-9-5-4-6-10-22/h4-16,21,24,26-29,37H,17-20H2,1-3H3/t24-,26-,27+,28+,29?,33+/m1/s1. The van der Waals surface area contributed by atoms with Crippen LogP contribution in [0.1, 0.15) is 20.3 Å². The molecule has 4 heterocycles. The first-order chi connectivity index (χ1) is 20.3. The number of carbonyl (C=O) groups is 3. The van der Waals surface area contributed by atoms with Gasteiger partial charge in [0.15, 0.2) is 0 Å². The number of fused-ring (bicyclic) bond motifs is 2. The lowest BCUT2D eigenvalue weighted by Gasteiger charge is -2.39. The number of hydrogen-bond acceptors (Lipinski definition) is 6. The van der Waals surface area contributed by atoms with Gasteiger partial charge in [-0.2, -0.15) is 0 Å². The van der Waals surface area contributed by atoms with Gasteiger partial charge in [0.1, 0.15) is 11.8 Å². The number of benzene rings is 2. The lowest BCUT2D eigenvalue weighted by Crippen LogP contribution is -2.57. The average molecular weight is 588 g/mol. The van der Waals surface area contributed by atoms with Crippen molar-refractivity contribution in [3.63, 3.8) is 0 Å². The zero-order valence-electron chi connectivity index (χ0n) is 24.1. The summed E-state index contributed by atoms with van der Waals surface area (Å²) in [6.07, 6.45) is 8.56. The minimum atomic E-state index is -0.950. The molecule has 220 valence electrons. The van der Waals surface area contributed by atoms with Crippen LogP contribution in [0.4, 0.5) is 11.4 Å². The number of likely N-dealkylation sites (tertiary alicyclic amines) is 1. The summed E-state index contributed by atoms with van der Waals surface area (Å²) in [5.74, 6) is -1.05. The van der Waals surface area contributed by atoms with Gasteiger partial charge in [0.05, 0.1) is 36.3 Å². The van der Waals surface area contributed by atoms with Gasteiger partial charge in [-0.3, -0.25) is 14.4 Å². The van der Waals surface area contributed by atoms with Crippen LogP contribution in [0.2, 0.25) is 0 Å². The third-order valence-corrected chi connectivity index (χ3v) is 10.6. The van der Waals surface area contributed by atoms with Gasteiger partial charge in [-0.15, -0.1) is 11.8 Å². The van der Waals surface area contributed by atoms with Crippen molar-refractivity contribution in [3.8, 4) is 5.75 Å². The Kier molecular flexibility index (Phi) is 7.66. The second-order valence-corrected chi connectivity index (χ2v) is 13.3. The van der Waals surface area contributed by atoms with Crippen molar-refractivity contribution < 1.29 is 24.2 Å². The summed E-state index contributed by atoms with van der Waals surface area (Å²) in [5, 5.41) is 10.3. The maximum atomic E-state index is 14.7. The zero-order valence-corrected chi connectivity index (χ0v) is 24.9. The minimum Gasteiger partial charge on any atom is -0.497 e. The fourth-order valence-electron chi connectivity index (χ4n) is 7.12. The van der Waals surface area contributed by atoms with E-state index in [-0.39, 0.29) is 35.5 Å². The summed E-state index contributed by atoms with van der Waals surface area (Å²) >= 11 is 1.55. The molecule has 6 atom stereocenters. The molecule has 1 unspecified atom stereocenters. The highest BCUT2D eigenvalue weighted by Crippen LogP contribution is 2.61. The summed E-state index contributed by atoms with van der Waals surface area (Å²) in [5.41, 5.74) is 1.48. The van der Waals surface area contributed by atoms with Gasteiger partial charge in [-0.25, -0.2) is 0 Å². The second kappa shape index (κ2) is 11.3. The summed E-state index contributed by atoms with van der Waals surface area (Å²) in [7, 11) is 1.60. The molecule has 4 aliphatic rings. The van der Waals surface area contributed by atoms with Crippen LogP contribution in [-0.2, 0) is 14.4 Å². The fourth-order valence-corrected chi connectivity index (χ4v) is 9.12. The van der Waals surface area contributed by atoms with Crippen LogP contribution in [0.25, 0.3) is 0 Å². The molecule has 1 N–H and O–H groups in total. The van der Waals surface area contributed by atoms with Crippen molar-refractivity contribution in [2.45, 2.75) is 42.3 Å². The van der Waals surface area contributed by atoms with Gasteiger partial charge in [0, 0.05) is 29.7 Å². The Bertz CT molecular complexity index is 1410. The SMILES string of the molecule is COc1ccc(N2CC=C[C@]34S[C@@H]5C=CCN(c6ccccc6)C(=O)[C@@H]5[C@H]3C(=O)N([C@@H](CO)CC(C)C)C4C2=O)cc1. The Balaban J connectivity index is 1.46. The molecular formula is C33H37N3O5S. The van der Waals surface area contributed by atoms with Crippen LogP contribution in [0.3, 0.4) is 0 Å². The molecule has 4 aliphatic heterocycles. The van der Waals surface area contributed by atoms with E-state index in [9.17, 15) is 19.5 Å². The maximum absolute atomic E-state index is 14.7. The average Bonchev–Trinajstić information content (AvgIpc) is 3.31. The predicted octanol–water partition coefficient (Wildman–Crippen LogP) is 3.91. The molecule has 2 saturated heterocycles. The van der Waals surface area contributed by atoms with Crippen molar-refractivity contribution in [1.82, 2.24) is 4.90 Å². The normalized spacial score (nSPS) is 29.4. The minimum absolute atomic E-state index is 0.110. The monoisotopic (exact) mass is 587 g/mol. The van der Waals surface area contributed by atoms with Gasteiger partial charge in [-0.05, 0) is 48.7 Å². The van der Waals surface area contributed by atoms with Crippen molar-refractivity contribution in [3.05, 3.63) is 78.9 Å². The van der Waals surface area contributed by atoms with Crippen LogP contribution in [0.15, 0.2) is 78.9 Å². The molecule has 9 heteroatoms. The molecule has 2 aromatic rings. The Morgan fingerprint density at radius 1 is 0.929 bits per heavy atom. The molecule has 42 heavy (non-hydrogen) atoms. The summed E-state index contributed by atoms with van der Waals surface area (Å²) in [6.45, 7) is 4.58. The Hall–Kier alpha value is -3.56. The number of aliphatic hydroxyl groups excluding tert-OH is 1. The lowest BCUT2D eigenvalue weighted by atomic mass is 9.78. The Labute approximate surface area is 251 Å². The van der Waals surface area contributed by atoms with Gasteiger partial charge in [-0.1, -0.05) is 56.4 Å². The number of methoxy groups -OCH3 is 1. The van der Waals surface area contributed by atoms with Crippen molar-refractivity contribution in [2.24, 2.45) is 17.8 Å². The molecule has 0 aromatic heterocycles. The van der Waals surface area contributed by atoms with Gasteiger partial charge < -0.3 is 24.5 Å². The topological polar surface area (TPSA) is 90.4 Å². The van der Waals surface area contributed by atoms with E-state index in [1.165, 1.54) is 0 Å². The number of hydrogen-bond donors (Lipinski definition) is 1. The summed E-state index contributed by atoms with van der Waals surface area (Å²) in [4.78, 5) is 48.8. The third kappa shape index (κ3) is 4.54. The summed E-state index contributed by atoms with van der Waals surface area (Å²) in [6, 6.07) is 15.4. The third-order valence-electron chi connectivity index (χ3n) is 8.90. The van der Waals surface area contributed by atoms with Crippen LogP contribution in [0, 0.1) is 17.8 Å². The second-order valence-electron chi connectivity index (χ2n) is 11.8. The molecule has 6 rings (SSSR count). The number of amides is 3. The fraction of sp³-hybridized carbons (Fsp3) is 0.424. The quantitative estimate of drug-likeness (QED) is 0.495. The molecule has 0 saturated carbocycles. The van der Waals surface area contributed by atoms with E-state index in [2.05, 4.69) is 0 Å².